The van der Waals surface area contributed by atoms with E-state index in [1.54, 1.807) is 0 Å². The molecule has 0 aliphatic carbocycles. The molecule has 1 aromatic heterocycles. The minimum atomic E-state index is -0.165. The fourth-order valence-electron chi connectivity index (χ4n) is 2.88. The highest BCUT2D eigenvalue weighted by atomic mass is 16.5. The lowest BCUT2D eigenvalue weighted by Gasteiger charge is -2.27. The maximum absolute atomic E-state index is 12.4. The zero-order valence-corrected chi connectivity index (χ0v) is 12.8. The van der Waals surface area contributed by atoms with Gasteiger partial charge in [0.1, 0.15) is 5.76 Å². The van der Waals surface area contributed by atoms with Crippen LogP contribution in [-0.4, -0.2) is 35.1 Å². The monoisotopic (exact) mass is 299 g/mol. The normalized spacial score (nSPS) is 19.7. The van der Waals surface area contributed by atoms with E-state index in [0.29, 0.717) is 13.0 Å². The minimum Gasteiger partial charge on any atom is -0.361 e. The molecule has 1 aliphatic heterocycles. The zero-order chi connectivity index (χ0) is 15.4. The van der Waals surface area contributed by atoms with Crippen LogP contribution in [0.1, 0.15) is 23.4 Å². The standard InChI is InChI=1S/C17H21N3O2/c1-13-10-15(19-22-13)12-20-9-5-8-18-17(21)16(20)11-14-6-3-2-4-7-14/h2-4,6-7,10,16H,5,8-9,11-12H2,1H3,(H,18,21). The molecule has 1 aliphatic rings. The summed E-state index contributed by atoms with van der Waals surface area (Å²) in [6, 6.07) is 11.9. The first-order valence-electron chi connectivity index (χ1n) is 7.70. The van der Waals surface area contributed by atoms with Crippen molar-refractivity contribution in [3.05, 3.63) is 53.4 Å². The molecule has 1 unspecified atom stereocenters. The van der Waals surface area contributed by atoms with Gasteiger partial charge in [0, 0.05) is 25.7 Å². The maximum Gasteiger partial charge on any atom is 0.237 e. The summed E-state index contributed by atoms with van der Waals surface area (Å²) in [5, 5.41) is 7.07. The number of rotatable bonds is 4. The molecule has 2 aromatic rings. The Balaban J connectivity index is 1.78. The third-order valence-corrected chi connectivity index (χ3v) is 3.98. The van der Waals surface area contributed by atoms with Crippen LogP contribution >= 0.6 is 0 Å². The van der Waals surface area contributed by atoms with E-state index < -0.39 is 0 Å². The molecule has 1 amide bonds. The van der Waals surface area contributed by atoms with Crippen molar-refractivity contribution in [3.63, 3.8) is 0 Å². The van der Waals surface area contributed by atoms with Gasteiger partial charge in [0.05, 0.1) is 11.7 Å². The largest absolute Gasteiger partial charge is 0.361 e. The molecule has 5 heteroatoms. The lowest BCUT2D eigenvalue weighted by molar-refractivity contribution is -0.125. The molecule has 1 saturated heterocycles. The lowest BCUT2D eigenvalue weighted by atomic mass is 10.0. The van der Waals surface area contributed by atoms with Crippen molar-refractivity contribution in [2.75, 3.05) is 13.1 Å². The smallest absolute Gasteiger partial charge is 0.237 e. The summed E-state index contributed by atoms with van der Waals surface area (Å²) in [5.74, 6) is 0.899. The van der Waals surface area contributed by atoms with Crippen LogP contribution in [0.15, 0.2) is 40.9 Å². The van der Waals surface area contributed by atoms with Crippen molar-refractivity contribution < 1.29 is 9.32 Å². The second kappa shape index (κ2) is 6.75. The topological polar surface area (TPSA) is 58.4 Å². The predicted octanol–water partition coefficient (Wildman–Crippen LogP) is 1.92. The first kappa shape index (κ1) is 14.8. The van der Waals surface area contributed by atoms with Crippen LogP contribution in [0.2, 0.25) is 0 Å². The Hall–Kier alpha value is -2.14. The fourth-order valence-corrected chi connectivity index (χ4v) is 2.88. The summed E-state index contributed by atoms with van der Waals surface area (Å²) < 4.78 is 5.14. The summed E-state index contributed by atoms with van der Waals surface area (Å²) in [6.07, 6.45) is 1.66. The van der Waals surface area contributed by atoms with Gasteiger partial charge in [-0.05, 0) is 25.3 Å². The summed E-state index contributed by atoms with van der Waals surface area (Å²) in [6.45, 7) is 4.13. The van der Waals surface area contributed by atoms with E-state index in [0.717, 1.165) is 31.0 Å². The van der Waals surface area contributed by atoms with Crippen LogP contribution in [0.5, 0.6) is 0 Å². The zero-order valence-electron chi connectivity index (χ0n) is 12.8. The van der Waals surface area contributed by atoms with Crippen molar-refractivity contribution in [2.45, 2.75) is 32.4 Å². The summed E-state index contributed by atoms with van der Waals surface area (Å²) >= 11 is 0. The number of benzene rings is 1. The van der Waals surface area contributed by atoms with Crippen LogP contribution in [0, 0.1) is 6.92 Å². The van der Waals surface area contributed by atoms with E-state index in [1.165, 1.54) is 5.56 Å². The molecule has 0 bridgehead atoms. The van der Waals surface area contributed by atoms with Crippen molar-refractivity contribution in [3.8, 4) is 0 Å². The van der Waals surface area contributed by atoms with E-state index in [2.05, 4.69) is 27.5 Å². The van der Waals surface area contributed by atoms with Crippen molar-refractivity contribution in [1.82, 2.24) is 15.4 Å². The third-order valence-electron chi connectivity index (χ3n) is 3.98. The van der Waals surface area contributed by atoms with E-state index in [1.807, 2.05) is 31.2 Å². The molecule has 3 rings (SSSR count). The van der Waals surface area contributed by atoms with Crippen LogP contribution in [0.3, 0.4) is 0 Å². The van der Waals surface area contributed by atoms with E-state index in [9.17, 15) is 4.79 Å². The van der Waals surface area contributed by atoms with Gasteiger partial charge in [-0.3, -0.25) is 9.69 Å². The lowest BCUT2D eigenvalue weighted by Crippen LogP contribution is -2.45. The number of aryl methyl sites for hydroxylation is 1. The molecule has 0 radical (unpaired) electrons. The molecular formula is C17H21N3O2. The SMILES string of the molecule is Cc1cc(CN2CCCNC(=O)C2Cc2ccccc2)no1. The molecule has 0 saturated carbocycles. The number of hydrogen-bond donors (Lipinski definition) is 1. The Morgan fingerprint density at radius 1 is 1.36 bits per heavy atom. The first-order valence-corrected chi connectivity index (χ1v) is 7.70. The molecule has 22 heavy (non-hydrogen) atoms. The molecule has 2 heterocycles. The van der Waals surface area contributed by atoms with Gasteiger partial charge in [-0.25, -0.2) is 0 Å². The Morgan fingerprint density at radius 2 is 2.18 bits per heavy atom. The number of amides is 1. The van der Waals surface area contributed by atoms with Crippen LogP contribution in [0.4, 0.5) is 0 Å². The van der Waals surface area contributed by atoms with Gasteiger partial charge >= 0.3 is 0 Å². The Kier molecular flexibility index (Phi) is 4.53. The highest BCUT2D eigenvalue weighted by Crippen LogP contribution is 2.16. The van der Waals surface area contributed by atoms with Crippen molar-refractivity contribution >= 4 is 5.91 Å². The Bertz CT molecular complexity index is 624. The number of aromatic nitrogens is 1. The van der Waals surface area contributed by atoms with Gasteiger partial charge in [-0.15, -0.1) is 0 Å². The van der Waals surface area contributed by atoms with Crippen LogP contribution in [-0.2, 0) is 17.8 Å². The highest BCUT2D eigenvalue weighted by molar-refractivity contribution is 5.82. The Labute approximate surface area is 130 Å². The summed E-state index contributed by atoms with van der Waals surface area (Å²) in [4.78, 5) is 14.6. The van der Waals surface area contributed by atoms with Crippen molar-refractivity contribution in [2.24, 2.45) is 0 Å². The van der Waals surface area contributed by atoms with Gasteiger partial charge in [0.15, 0.2) is 0 Å². The average Bonchev–Trinajstić information content (AvgIpc) is 2.86. The number of carbonyl (C=O) groups is 1. The molecule has 5 nitrogen and oxygen atoms in total. The minimum absolute atomic E-state index is 0.0987. The number of hydrogen-bond acceptors (Lipinski definition) is 4. The van der Waals surface area contributed by atoms with Gasteiger partial charge in [0.25, 0.3) is 0 Å². The summed E-state index contributed by atoms with van der Waals surface area (Å²) in [7, 11) is 0. The average molecular weight is 299 g/mol. The van der Waals surface area contributed by atoms with E-state index in [-0.39, 0.29) is 11.9 Å². The molecule has 1 atom stereocenters. The maximum atomic E-state index is 12.4. The molecule has 116 valence electrons. The van der Waals surface area contributed by atoms with Gasteiger partial charge in [-0.2, -0.15) is 0 Å². The number of nitrogens with zero attached hydrogens (tertiary/aromatic N) is 2. The molecule has 1 N–H and O–H groups in total. The number of carbonyl (C=O) groups excluding carboxylic acids is 1. The Morgan fingerprint density at radius 3 is 2.91 bits per heavy atom. The molecular weight excluding hydrogens is 278 g/mol. The fraction of sp³-hybridized carbons (Fsp3) is 0.412. The quantitative estimate of drug-likeness (QED) is 0.937. The second-order valence-corrected chi connectivity index (χ2v) is 5.75. The van der Waals surface area contributed by atoms with Gasteiger partial charge in [-0.1, -0.05) is 35.5 Å². The van der Waals surface area contributed by atoms with Crippen LogP contribution in [0.25, 0.3) is 0 Å². The second-order valence-electron chi connectivity index (χ2n) is 5.75. The van der Waals surface area contributed by atoms with Crippen LogP contribution < -0.4 is 5.32 Å². The summed E-state index contributed by atoms with van der Waals surface area (Å²) in [5.41, 5.74) is 2.05. The van der Waals surface area contributed by atoms with Crippen molar-refractivity contribution in [1.29, 1.82) is 0 Å². The number of nitrogens with one attached hydrogen (secondary N) is 1. The molecule has 1 aromatic carbocycles. The first-order chi connectivity index (χ1) is 10.7. The third kappa shape index (κ3) is 3.54. The highest BCUT2D eigenvalue weighted by Gasteiger charge is 2.28. The van der Waals surface area contributed by atoms with Gasteiger partial charge in [0.2, 0.25) is 5.91 Å². The molecule has 1 fully saturated rings. The van der Waals surface area contributed by atoms with Gasteiger partial charge < -0.3 is 9.84 Å². The van der Waals surface area contributed by atoms with E-state index >= 15 is 0 Å². The predicted molar refractivity (Wildman–Crippen MR) is 83.2 cm³/mol. The molecule has 0 spiro atoms. The van der Waals surface area contributed by atoms with E-state index in [4.69, 9.17) is 4.52 Å².